The summed E-state index contributed by atoms with van der Waals surface area (Å²) in [5, 5.41) is 0. The van der Waals surface area contributed by atoms with Crippen LogP contribution in [0, 0.1) is 5.92 Å². The normalized spacial score (nSPS) is 12.5. The lowest BCUT2D eigenvalue weighted by atomic mass is 10.0. The molecule has 1 heteroatoms. The van der Waals surface area contributed by atoms with Gasteiger partial charge in [0.25, 0.3) is 0 Å². The van der Waals surface area contributed by atoms with Crippen LogP contribution in [0.15, 0.2) is 11.6 Å². The van der Waals surface area contributed by atoms with Gasteiger partial charge in [-0.1, -0.05) is 44.8 Å². The summed E-state index contributed by atoms with van der Waals surface area (Å²) in [7, 11) is 0. The Balaban J connectivity index is 3.21. The molecule has 0 aliphatic heterocycles. The number of hydrogen-bond acceptors (Lipinski definition) is 1. The van der Waals surface area contributed by atoms with Gasteiger partial charge in [-0.25, -0.2) is 0 Å². The molecule has 0 radical (unpaired) electrons. The van der Waals surface area contributed by atoms with Crippen molar-refractivity contribution in [2.24, 2.45) is 5.92 Å². The molecule has 102 valence electrons. The fourth-order valence-corrected chi connectivity index (χ4v) is 1.82. The van der Waals surface area contributed by atoms with E-state index in [0.717, 1.165) is 19.1 Å². The van der Waals surface area contributed by atoms with Crippen LogP contribution in [-0.4, -0.2) is 13.2 Å². The molecule has 1 nitrogen and oxygen atoms in total. The van der Waals surface area contributed by atoms with Crippen molar-refractivity contribution in [3.8, 4) is 0 Å². The second-order valence-electron chi connectivity index (χ2n) is 5.43. The van der Waals surface area contributed by atoms with E-state index >= 15 is 0 Å². The Morgan fingerprint density at radius 3 is 2.47 bits per heavy atom. The number of rotatable bonds is 11. The Morgan fingerprint density at radius 2 is 1.82 bits per heavy atom. The SMILES string of the molecule is CCCCCCOCCC(C)CCC=C(C)C. The lowest BCUT2D eigenvalue weighted by Gasteiger charge is -2.10. The highest BCUT2D eigenvalue weighted by Crippen LogP contribution is 2.12. The molecule has 0 N–H and O–H groups in total. The third-order valence-electron chi connectivity index (χ3n) is 3.11. The average Bonchev–Trinajstić information content (AvgIpc) is 2.27. The van der Waals surface area contributed by atoms with Crippen molar-refractivity contribution < 1.29 is 4.74 Å². The molecule has 0 saturated heterocycles. The van der Waals surface area contributed by atoms with Crippen LogP contribution in [0.25, 0.3) is 0 Å². The molecule has 0 aliphatic carbocycles. The van der Waals surface area contributed by atoms with Crippen LogP contribution in [0.1, 0.15) is 72.6 Å². The van der Waals surface area contributed by atoms with E-state index in [9.17, 15) is 0 Å². The second-order valence-corrected chi connectivity index (χ2v) is 5.43. The maximum absolute atomic E-state index is 5.66. The zero-order chi connectivity index (χ0) is 12.9. The summed E-state index contributed by atoms with van der Waals surface area (Å²) >= 11 is 0. The number of allylic oxidation sites excluding steroid dienone is 2. The van der Waals surface area contributed by atoms with Gasteiger partial charge in [0.15, 0.2) is 0 Å². The predicted octanol–water partition coefficient (Wildman–Crippen LogP) is 5.36. The van der Waals surface area contributed by atoms with E-state index in [1.807, 2.05) is 0 Å². The summed E-state index contributed by atoms with van der Waals surface area (Å²) in [5.74, 6) is 0.793. The van der Waals surface area contributed by atoms with E-state index in [1.165, 1.54) is 50.5 Å². The summed E-state index contributed by atoms with van der Waals surface area (Å²) in [6, 6.07) is 0. The fourth-order valence-electron chi connectivity index (χ4n) is 1.82. The molecule has 0 fully saturated rings. The third kappa shape index (κ3) is 13.6. The molecular weight excluding hydrogens is 208 g/mol. The van der Waals surface area contributed by atoms with Gasteiger partial charge in [-0.15, -0.1) is 0 Å². The molecule has 1 unspecified atom stereocenters. The summed E-state index contributed by atoms with van der Waals surface area (Å²) in [4.78, 5) is 0. The summed E-state index contributed by atoms with van der Waals surface area (Å²) in [6.45, 7) is 10.8. The minimum atomic E-state index is 0.793. The van der Waals surface area contributed by atoms with E-state index < -0.39 is 0 Å². The van der Waals surface area contributed by atoms with Crippen LogP contribution in [0.3, 0.4) is 0 Å². The van der Waals surface area contributed by atoms with Crippen molar-refractivity contribution in [2.75, 3.05) is 13.2 Å². The van der Waals surface area contributed by atoms with Gasteiger partial charge in [-0.2, -0.15) is 0 Å². The van der Waals surface area contributed by atoms with Crippen LogP contribution in [0.4, 0.5) is 0 Å². The molecule has 0 bridgehead atoms. The molecule has 0 aromatic heterocycles. The van der Waals surface area contributed by atoms with Crippen molar-refractivity contribution in [2.45, 2.75) is 72.6 Å². The molecule has 0 rings (SSSR count). The quantitative estimate of drug-likeness (QED) is 0.349. The number of unbranched alkanes of at least 4 members (excludes halogenated alkanes) is 3. The first-order valence-corrected chi connectivity index (χ1v) is 7.38. The molecule has 0 heterocycles. The highest BCUT2D eigenvalue weighted by atomic mass is 16.5. The standard InChI is InChI=1S/C16H32O/c1-5-6-7-8-13-17-14-12-16(4)11-9-10-15(2)3/h10,16H,5-9,11-14H2,1-4H3. The van der Waals surface area contributed by atoms with E-state index in [4.69, 9.17) is 4.74 Å². The van der Waals surface area contributed by atoms with Crippen molar-refractivity contribution >= 4 is 0 Å². The van der Waals surface area contributed by atoms with Gasteiger partial charge in [0.05, 0.1) is 0 Å². The monoisotopic (exact) mass is 240 g/mol. The molecule has 0 amide bonds. The molecule has 0 aliphatic rings. The molecule has 17 heavy (non-hydrogen) atoms. The first-order chi connectivity index (χ1) is 8.16. The van der Waals surface area contributed by atoms with Gasteiger partial charge in [0.2, 0.25) is 0 Å². The largest absolute Gasteiger partial charge is 0.381 e. The minimum absolute atomic E-state index is 0.793. The molecule has 0 aromatic rings. The van der Waals surface area contributed by atoms with Crippen LogP contribution in [0.5, 0.6) is 0 Å². The van der Waals surface area contributed by atoms with Gasteiger partial charge in [-0.05, 0) is 45.4 Å². The van der Waals surface area contributed by atoms with Crippen molar-refractivity contribution in [1.29, 1.82) is 0 Å². The minimum Gasteiger partial charge on any atom is -0.381 e. The smallest absolute Gasteiger partial charge is 0.0468 e. The average molecular weight is 240 g/mol. The van der Waals surface area contributed by atoms with E-state index in [-0.39, 0.29) is 0 Å². The highest BCUT2D eigenvalue weighted by molar-refractivity contribution is 4.92. The van der Waals surface area contributed by atoms with Gasteiger partial charge < -0.3 is 4.74 Å². The molecular formula is C16H32O. The van der Waals surface area contributed by atoms with Gasteiger partial charge >= 0.3 is 0 Å². The van der Waals surface area contributed by atoms with E-state index in [2.05, 4.69) is 33.8 Å². The van der Waals surface area contributed by atoms with Crippen LogP contribution in [-0.2, 0) is 4.74 Å². The molecule has 0 saturated carbocycles. The summed E-state index contributed by atoms with van der Waals surface area (Å²) in [6.07, 6.45) is 11.3. The van der Waals surface area contributed by atoms with Crippen LogP contribution < -0.4 is 0 Å². The number of hydrogen-bond donors (Lipinski definition) is 0. The first-order valence-electron chi connectivity index (χ1n) is 7.38. The maximum Gasteiger partial charge on any atom is 0.0468 e. The Kier molecular flexibility index (Phi) is 12.0. The highest BCUT2D eigenvalue weighted by Gasteiger charge is 2.00. The lowest BCUT2D eigenvalue weighted by molar-refractivity contribution is 0.117. The predicted molar refractivity (Wildman–Crippen MR) is 77.4 cm³/mol. The first kappa shape index (κ1) is 16.7. The zero-order valence-corrected chi connectivity index (χ0v) is 12.4. The Morgan fingerprint density at radius 1 is 1.06 bits per heavy atom. The Bertz CT molecular complexity index is 180. The Hall–Kier alpha value is -0.300. The molecule has 0 spiro atoms. The van der Waals surface area contributed by atoms with E-state index in [1.54, 1.807) is 0 Å². The van der Waals surface area contributed by atoms with Crippen molar-refractivity contribution in [1.82, 2.24) is 0 Å². The van der Waals surface area contributed by atoms with Crippen LogP contribution >= 0.6 is 0 Å². The Labute approximate surface area is 109 Å². The second kappa shape index (κ2) is 12.2. The molecule has 0 aromatic carbocycles. The fraction of sp³-hybridized carbons (Fsp3) is 0.875. The molecule has 1 atom stereocenters. The number of ether oxygens (including phenoxy) is 1. The maximum atomic E-state index is 5.66. The van der Waals surface area contributed by atoms with E-state index in [0.29, 0.717) is 0 Å². The van der Waals surface area contributed by atoms with Crippen molar-refractivity contribution in [3.63, 3.8) is 0 Å². The topological polar surface area (TPSA) is 9.23 Å². The third-order valence-corrected chi connectivity index (χ3v) is 3.11. The van der Waals surface area contributed by atoms with Gasteiger partial charge in [0.1, 0.15) is 0 Å². The summed E-state index contributed by atoms with van der Waals surface area (Å²) < 4.78 is 5.66. The zero-order valence-electron chi connectivity index (χ0n) is 12.4. The van der Waals surface area contributed by atoms with Crippen molar-refractivity contribution in [3.05, 3.63) is 11.6 Å². The summed E-state index contributed by atoms with van der Waals surface area (Å²) in [5.41, 5.74) is 1.43. The van der Waals surface area contributed by atoms with Gasteiger partial charge in [-0.3, -0.25) is 0 Å². The van der Waals surface area contributed by atoms with Gasteiger partial charge in [0, 0.05) is 13.2 Å². The lowest BCUT2D eigenvalue weighted by Crippen LogP contribution is -2.03. The van der Waals surface area contributed by atoms with Crippen LogP contribution in [0.2, 0.25) is 0 Å².